The molecule has 4 aromatic carbocycles. The fraction of sp³-hybridized carbons (Fsp3) is 0.0769. The zero-order valence-electron chi connectivity index (χ0n) is 16.3. The summed E-state index contributed by atoms with van der Waals surface area (Å²) in [6.45, 7) is 0. The van der Waals surface area contributed by atoms with Crippen LogP contribution < -0.4 is 0 Å². The fourth-order valence-electron chi connectivity index (χ4n) is 4.52. The summed E-state index contributed by atoms with van der Waals surface area (Å²) < 4.78 is 42.8. The van der Waals surface area contributed by atoms with Gasteiger partial charge in [0.15, 0.2) is 0 Å². The molecule has 0 aliphatic heterocycles. The normalized spacial score (nSPS) is 12.6. The highest BCUT2D eigenvalue weighted by atomic mass is 19.4. The van der Waals surface area contributed by atoms with Crippen molar-refractivity contribution in [1.29, 1.82) is 0 Å². The molecule has 2 aromatic heterocycles. The van der Waals surface area contributed by atoms with Gasteiger partial charge in [-0.05, 0) is 57.9 Å². The molecule has 0 spiro atoms. The lowest BCUT2D eigenvalue weighted by molar-refractivity contribution is -0.142. The van der Waals surface area contributed by atoms with Crippen LogP contribution >= 0.6 is 0 Å². The smallest absolute Gasteiger partial charge is 0.358 e. The quantitative estimate of drug-likeness (QED) is 0.292. The molecule has 0 aliphatic carbocycles. The maximum Gasteiger partial charge on any atom is 0.402 e. The van der Waals surface area contributed by atoms with Gasteiger partial charge in [0.05, 0.1) is 0 Å². The summed E-state index contributed by atoms with van der Waals surface area (Å²) in [5.41, 5.74) is 1.66. The summed E-state index contributed by atoms with van der Waals surface area (Å²) in [6, 6.07) is 26.4. The van der Waals surface area contributed by atoms with Crippen molar-refractivity contribution in [2.24, 2.45) is 0 Å². The SMILES string of the molecule is FC(F)(F)C(c1cc2cc3ccccc3cc2[nH]1)c1cc2cc3ccccc3cc2[nH]1. The lowest BCUT2D eigenvalue weighted by Crippen LogP contribution is -2.22. The Morgan fingerprint density at radius 3 is 1.29 bits per heavy atom. The average Bonchev–Trinajstić information content (AvgIpc) is 3.31. The van der Waals surface area contributed by atoms with Gasteiger partial charge in [-0.25, -0.2) is 0 Å². The fourth-order valence-corrected chi connectivity index (χ4v) is 4.52. The average molecular weight is 414 g/mol. The molecule has 0 amide bonds. The largest absolute Gasteiger partial charge is 0.402 e. The van der Waals surface area contributed by atoms with E-state index in [0.717, 1.165) is 32.3 Å². The Labute approximate surface area is 175 Å². The highest BCUT2D eigenvalue weighted by Crippen LogP contribution is 2.42. The first kappa shape index (κ1) is 18.1. The highest BCUT2D eigenvalue weighted by Gasteiger charge is 2.44. The van der Waals surface area contributed by atoms with Gasteiger partial charge >= 0.3 is 6.18 Å². The number of halogens is 3. The van der Waals surface area contributed by atoms with Gasteiger partial charge in [-0.1, -0.05) is 48.5 Å². The van der Waals surface area contributed by atoms with Gasteiger partial charge in [-0.15, -0.1) is 0 Å². The molecule has 0 saturated heterocycles. The molecular formula is C26H17F3N2. The summed E-state index contributed by atoms with van der Waals surface area (Å²) in [6.07, 6.45) is -4.44. The number of hydrogen-bond acceptors (Lipinski definition) is 0. The summed E-state index contributed by atoms with van der Waals surface area (Å²) in [7, 11) is 0. The molecule has 6 aromatic rings. The van der Waals surface area contributed by atoms with E-state index in [1.54, 1.807) is 12.1 Å². The molecule has 0 atom stereocenters. The minimum Gasteiger partial charge on any atom is -0.358 e. The molecule has 0 radical (unpaired) electrons. The molecule has 2 N–H and O–H groups in total. The van der Waals surface area contributed by atoms with Crippen molar-refractivity contribution in [3.05, 3.63) is 96.3 Å². The number of fused-ring (bicyclic) bond motifs is 4. The maximum atomic E-state index is 14.3. The topological polar surface area (TPSA) is 31.6 Å². The number of hydrogen-bond donors (Lipinski definition) is 2. The zero-order valence-corrected chi connectivity index (χ0v) is 16.3. The minimum absolute atomic E-state index is 0.133. The van der Waals surface area contributed by atoms with Crippen LogP contribution in [-0.4, -0.2) is 16.1 Å². The Morgan fingerprint density at radius 2 is 0.903 bits per heavy atom. The second-order valence-electron chi connectivity index (χ2n) is 8.00. The van der Waals surface area contributed by atoms with Crippen molar-refractivity contribution in [1.82, 2.24) is 9.97 Å². The molecule has 2 nitrogen and oxygen atoms in total. The number of alkyl halides is 3. The standard InChI is InChI=1S/C26H17F3N2/c27-26(28,29)25(23-13-19-9-15-5-1-3-7-17(15)11-21(19)30-23)24-14-20-10-16-6-2-4-8-18(16)12-22(20)31-24/h1-14,25,30-31H. The molecule has 0 bridgehead atoms. The second kappa shape index (κ2) is 6.38. The Kier molecular flexibility index (Phi) is 3.72. The second-order valence-corrected chi connectivity index (χ2v) is 8.00. The summed E-state index contributed by atoms with van der Waals surface area (Å²) in [4.78, 5) is 6.06. The molecule has 0 aliphatic rings. The van der Waals surface area contributed by atoms with Crippen molar-refractivity contribution >= 4 is 43.4 Å². The third kappa shape index (κ3) is 2.96. The summed E-state index contributed by atoms with van der Waals surface area (Å²) >= 11 is 0. The van der Waals surface area contributed by atoms with Gasteiger partial charge in [-0.2, -0.15) is 13.2 Å². The first-order chi connectivity index (χ1) is 15.0. The van der Waals surface area contributed by atoms with E-state index in [0.29, 0.717) is 11.0 Å². The molecule has 6 rings (SSSR count). The molecule has 0 unspecified atom stereocenters. The van der Waals surface area contributed by atoms with Gasteiger partial charge in [0, 0.05) is 33.2 Å². The summed E-state index contributed by atoms with van der Waals surface area (Å²) in [5, 5.41) is 5.52. The van der Waals surface area contributed by atoms with Crippen molar-refractivity contribution < 1.29 is 13.2 Å². The van der Waals surface area contributed by atoms with E-state index in [-0.39, 0.29) is 11.4 Å². The van der Waals surface area contributed by atoms with Crippen LogP contribution in [0.2, 0.25) is 0 Å². The van der Waals surface area contributed by atoms with Crippen LogP contribution in [0.15, 0.2) is 84.9 Å². The van der Waals surface area contributed by atoms with Crippen LogP contribution in [0.25, 0.3) is 43.4 Å². The highest BCUT2D eigenvalue weighted by molar-refractivity contribution is 5.98. The number of H-pyrrole nitrogens is 2. The monoisotopic (exact) mass is 414 g/mol. The number of nitrogens with one attached hydrogen (secondary N) is 2. The summed E-state index contributed by atoms with van der Waals surface area (Å²) in [5.74, 6) is -1.77. The van der Waals surface area contributed by atoms with Crippen molar-refractivity contribution in [3.8, 4) is 0 Å². The van der Waals surface area contributed by atoms with E-state index in [1.807, 2.05) is 72.8 Å². The number of rotatable bonds is 2. The molecular weight excluding hydrogens is 397 g/mol. The van der Waals surface area contributed by atoms with Crippen LogP contribution in [0.1, 0.15) is 17.3 Å². The van der Waals surface area contributed by atoms with E-state index in [9.17, 15) is 13.2 Å². The van der Waals surface area contributed by atoms with E-state index >= 15 is 0 Å². The molecule has 2 heterocycles. The minimum atomic E-state index is -4.44. The zero-order chi connectivity index (χ0) is 21.2. The number of benzene rings is 4. The van der Waals surface area contributed by atoms with E-state index in [2.05, 4.69) is 9.97 Å². The van der Waals surface area contributed by atoms with Gasteiger partial charge in [0.1, 0.15) is 5.92 Å². The third-order valence-corrected chi connectivity index (χ3v) is 5.97. The predicted molar refractivity (Wildman–Crippen MR) is 120 cm³/mol. The van der Waals surface area contributed by atoms with Crippen LogP contribution in [0.3, 0.4) is 0 Å². The Hall–Kier alpha value is -3.73. The lowest BCUT2D eigenvalue weighted by Gasteiger charge is -2.18. The maximum absolute atomic E-state index is 14.3. The molecule has 31 heavy (non-hydrogen) atoms. The molecule has 0 saturated carbocycles. The number of aromatic amines is 2. The van der Waals surface area contributed by atoms with Gasteiger partial charge in [-0.3, -0.25) is 0 Å². The van der Waals surface area contributed by atoms with Gasteiger partial charge in [0.25, 0.3) is 0 Å². The van der Waals surface area contributed by atoms with Gasteiger partial charge < -0.3 is 9.97 Å². The molecule has 152 valence electrons. The van der Waals surface area contributed by atoms with Crippen molar-refractivity contribution in [3.63, 3.8) is 0 Å². The van der Waals surface area contributed by atoms with E-state index < -0.39 is 12.1 Å². The van der Waals surface area contributed by atoms with Crippen molar-refractivity contribution in [2.45, 2.75) is 12.1 Å². The first-order valence-corrected chi connectivity index (χ1v) is 10.1. The Bertz CT molecular complexity index is 1370. The first-order valence-electron chi connectivity index (χ1n) is 10.1. The third-order valence-electron chi connectivity index (χ3n) is 5.97. The van der Waals surface area contributed by atoms with E-state index in [1.165, 1.54) is 0 Å². The van der Waals surface area contributed by atoms with Crippen molar-refractivity contribution in [2.75, 3.05) is 0 Å². The molecule has 0 fully saturated rings. The lowest BCUT2D eigenvalue weighted by atomic mass is 10.00. The van der Waals surface area contributed by atoms with Crippen LogP contribution in [0, 0.1) is 0 Å². The Morgan fingerprint density at radius 1 is 0.516 bits per heavy atom. The predicted octanol–water partition coefficient (Wildman–Crippen LogP) is 7.65. The number of aromatic nitrogens is 2. The van der Waals surface area contributed by atoms with Crippen LogP contribution in [0.4, 0.5) is 13.2 Å². The van der Waals surface area contributed by atoms with Gasteiger partial charge in [0.2, 0.25) is 0 Å². The molecule has 5 heteroatoms. The van der Waals surface area contributed by atoms with Crippen LogP contribution in [0.5, 0.6) is 0 Å². The Balaban J connectivity index is 1.54. The van der Waals surface area contributed by atoms with Crippen LogP contribution in [-0.2, 0) is 0 Å². The van der Waals surface area contributed by atoms with E-state index in [4.69, 9.17) is 0 Å².